The minimum absolute atomic E-state index is 0.0608. The van der Waals surface area contributed by atoms with E-state index in [1.54, 1.807) is 55.6 Å². The Hall–Kier alpha value is -4.63. The van der Waals surface area contributed by atoms with Gasteiger partial charge >= 0.3 is 0 Å². The zero-order chi connectivity index (χ0) is 32.6. The van der Waals surface area contributed by atoms with Crippen molar-refractivity contribution in [1.82, 2.24) is 10.2 Å². The minimum atomic E-state index is -4.16. The van der Waals surface area contributed by atoms with E-state index in [0.717, 1.165) is 26.6 Å². The fraction of sp³-hybridized carbons (Fsp3) is 0.278. The molecule has 4 aromatic rings. The summed E-state index contributed by atoms with van der Waals surface area (Å²) in [4.78, 5) is 29.9. The van der Waals surface area contributed by atoms with E-state index in [-0.39, 0.29) is 29.8 Å². The molecule has 0 spiro atoms. The molecule has 45 heavy (non-hydrogen) atoms. The van der Waals surface area contributed by atoms with Crippen molar-refractivity contribution in [1.29, 1.82) is 0 Å². The number of nitrogens with zero attached hydrogens (tertiary/aromatic N) is 2. The number of methoxy groups -OCH3 is 1. The number of nitrogens with one attached hydrogen (secondary N) is 1. The van der Waals surface area contributed by atoms with Crippen molar-refractivity contribution >= 4 is 27.5 Å². The molecule has 0 aliphatic heterocycles. The van der Waals surface area contributed by atoms with Crippen LogP contribution < -0.4 is 14.4 Å². The average molecular weight is 628 g/mol. The summed E-state index contributed by atoms with van der Waals surface area (Å²) in [5.41, 5.74) is 3.72. The zero-order valence-electron chi connectivity index (χ0n) is 26.4. The fourth-order valence-corrected chi connectivity index (χ4v) is 6.46. The Balaban J connectivity index is 1.82. The number of carbonyl (C=O) groups is 2. The molecule has 4 aromatic carbocycles. The molecule has 4 rings (SSSR count). The van der Waals surface area contributed by atoms with Gasteiger partial charge in [-0.25, -0.2) is 8.42 Å². The lowest BCUT2D eigenvalue weighted by Gasteiger charge is -2.34. The van der Waals surface area contributed by atoms with E-state index in [4.69, 9.17) is 4.74 Å². The van der Waals surface area contributed by atoms with Crippen LogP contribution in [0.25, 0.3) is 0 Å². The average Bonchev–Trinajstić information content (AvgIpc) is 3.01. The molecule has 0 saturated carbocycles. The normalized spacial score (nSPS) is 12.0. The second kappa shape index (κ2) is 14.9. The molecule has 2 amide bonds. The van der Waals surface area contributed by atoms with E-state index >= 15 is 0 Å². The van der Waals surface area contributed by atoms with Crippen LogP contribution >= 0.6 is 0 Å². The van der Waals surface area contributed by atoms with Gasteiger partial charge in [-0.1, -0.05) is 72.3 Å². The van der Waals surface area contributed by atoms with Crippen LogP contribution in [-0.4, -0.2) is 50.9 Å². The molecule has 1 N–H and O–H groups in total. The van der Waals surface area contributed by atoms with Crippen molar-refractivity contribution in [3.05, 3.63) is 125 Å². The maximum absolute atomic E-state index is 14.5. The number of amides is 2. The molecule has 236 valence electrons. The Labute approximate surface area is 266 Å². The number of anilines is 1. The first-order valence-corrected chi connectivity index (χ1v) is 16.3. The van der Waals surface area contributed by atoms with Gasteiger partial charge in [-0.2, -0.15) is 0 Å². The highest BCUT2D eigenvalue weighted by atomic mass is 32.2. The van der Waals surface area contributed by atoms with Crippen molar-refractivity contribution in [3.63, 3.8) is 0 Å². The van der Waals surface area contributed by atoms with E-state index in [1.165, 1.54) is 4.90 Å². The van der Waals surface area contributed by atoms with E-state index in [0.29, 0.717) is 11.4 Å². The molecule has 1 unspecified atom stereocenters. The molecule has 1 atom stereocenters. The molecular formula is C36H41N3O5S. The summed E-state index contributed by atoms with van der Waals surface area (Å²) >= 11 is 0. The number of ether oxygens (including phenoxy) is 1. The van der Waals surface area contributed by atoms with Gasteiger partial charge in [0.15, 0.2) is 0 Å². The molecule has 0 aliphatic carbocycles. The van der Waals surface area contributed by atoms with E-state index < -0.39 is 28.5 Å². The Morgan fingerprint density at radius 1 is 0.800 bits per heavy atom. The predicted molar refractivity (Wildman–Crippen MR) is 178 cm³/mol. The first kappa shape index (κ1) is 33.3. The highest BCUT2D eigenvalue weighted by Crippen LogP contribution is 2.26. The number of sulfonamides is 1. The summed E-state index contributed by atoms with van der Waals surface area (Å²) in [6, 6.07) is 29.2. The topological polar surface area (TPSA) is 96.0 Å². The molecule has 0 saturated heterocycles. The monoisotopic (exact) mass is 627 g/mol. The van der Waals surface area contributed by atoms with Crippen LogP contribution in [0.3, 0.4) is 0 Å². The Kier molecular flexibility index (Phi) is 11.0. The lowest BCUT2D eigenvalue weighted by atomic mass is 10.0. The van der Waals surface area contributed by atoms with Gasteiger partial charge in [0.05, 0.1) is 17.7 Å². The van der Waals surface area contributed by atoms with Crippen molar-refractivity contribution in [3.8, 4) is 5.75 Å². The lowest BCUT2D eigenvalue weighted by Crippen LogP contribution is -2.54. The molecule has 9 heteroatoms. The predicted octanol–water partition coefficient (Wildman–Crippen LogP) is 5.67. The summed E-state index contributed by atoms with van der Waals surface area (Å²) in [7, 11) is -2.60. The number of rotatable bonds is 13. The number of carbonyl (C=O) groups excluding carboxylic acids is 2. The highest BCUT2D eigenvalue weighted by molar-refractivity contribution is 7.92. The number of hydrogen-bond donors (Lipinski definition) is 1. The lowest BCUT2D eigenvalue weighted by molar-refractivity contribution is -0.140. The Morgan fingerprint density at radius 3 is 2.11 bits per heavy atom. The summed E-state index contributed by atoms with van der Waals surface area (Å²) in [6.45, 7) is 7.01. The largest absolute Gasteiger partial charge is 0.497 e. The van der Waals surface area contributed by atoms with Crippen molar-refractivity contribution < 1.29 is 22.7 Å². The van der Waals surface area contributed by atoms with Crippen LogP contribution in [0, 0.1) is 13.8 Å². The summed E-state index contributed by atoms with van der Waals surface area (Å²) in [5.74, 6) is -0.238. The van der Waals surface area contributed by atoms with Gasteiger partial charge in [0.25, 0.3) is 10.0 Å². The van der Waals surface area contributed by atoms with E-state index in [2.05, 4.69) is 5.32 Å². The van der Waals surface area contributed by atoms with Gasteiger partial charge in [-0.15, -0.1) is 0 Å². The third-order valence-electron chi connectivity index (χ3n) is 7.37. The zero-order valence-corrected chi connectivity index (χ0v) is 27.3. The van der Waals surface area contributed by atoms with Gasteiger partial charge in [-0.3, -0.25) is 13.9 Å². The van der Waals surface area contributed by atoms with E-state index in [1.807, 2.05) is 82.3 Å². The standard InChI is InChI=1S/C36H41N3O5S/c1-26(2)37-36(41)34(23-29-12-7-6-8-13-29)38(24-30-14-10-16-32(22-30)44-5)35(40)25-39(31-15-9-11-28(4)21-31)45(42,43)33-19-17-27(3)18-20-33/h6-22,26,34H,23-25H2,1-5H3,(H,37,41). The van der Waals surface area contributed by atoms with Gasteiger partial charge in [0.2, 0.25) is 11.8 Å². The summed E-state index contributed by atoms with van der Waals surface area (Å²) in [5, 5.41) is 2.97. The summed E-state index contributed by atoms with van der Waals surface area (Å²) in [6.07, 6.45) is 0.240. The third-order valence-corrected chi connectivity index (χ3v) is 9.15. The molecule has 0 heterocycles. The maximum Gasteiger partial charge on any atom is 0.264 e. The molecule has 0 bridgehead atoms. The van der Waals surface area contributed by atoms with Crippen LogP contribution in [0.4, 0.5) is 5.69 Å². The van der Waals surface area contributed by atoms with Crippen LogP contribution in [0.1, 0.15) is 36.1 Å². The van der Waals surface area contributed by atoms with Gasteiger partial charge in [0, 0.05) is 19.0 Å². The van der Waals surface area contributed by atoms with Gasteiger partial charge in [-0.05, 0) is 80.8 Å². The second-order valence-electron chi connectivity index (χ2n) is 11.4. The highest BCUT2D eigenvalue weighted by Gasteiger charge is 2.35. The molecule has 0 aromatic heterocycles. The van der Waals surface area contributed by atoms with Gasteiger partial charge in [0.1, 0.15) is 18.3 Å². The van der Waals surface area contributed by atoms with Crippen LogP contribution in [0.2, 0.25) is 0 Å². The first-order chi connectivity index (χ1) is 21.5. The van der Waals surface area contributed by atoms with E-state index in [9.17, 15) is 18.0 Å². The number of aryl methyl sites for hydroxylation is 2. The van der Waals surface area contributed by atoms with Crippen molar-refractivity contribution in [2.45, 2.75) is 57.6 Å². The van der Waals surface area contributed by atoms with Gasteiger partial charge < -0.3 is 15.0 Å². The molecule has 0 aliphatic rings. The number of hydrogen-bond acceptors (Lipinski definition) is 5. The maximum atomic E-state index is 14.5. The first-order valence-electron chi connectivity index (χ1n) is 14.9. The van der Waals surface area contributed by atoms with Crippen LogP contribution in [0.15, 0.2) is 108 Å². The summed E-state index contributed by atoms with van der Waals surface area (Å²) < 4.78 is 34.9. The molecule has 0 radical (unpaired) electrons. The fourth-order valence-electron chi connectivity index (χ4n) is 5.05. The smallest absolute Gasteiger partial charge is 0.264 e. The van der Waals surface area contributed by atoms with Crippen molar-refractivity contribution in [2.75, 3.05) is 18.0 Å². The number of benzene rings is 4. The molecule has 0 fully saturated rings. The third kappa shape index (κ3) is 8.73. The Bertz CT molecular complexity index is 1710. The quantitative estimate of drug-likeness (QED) is 0.206. The van der Waals surface area contributed by atoms with Crippen molar-refractivity contribution in [2.24, 2.45) is 0 Å². The minimum Gasteiger partial charge on any atom is -0.497 e. The second-order valence-corrected chi connectivity index (χ2v) is 13.3. The Morgan fingerprint density at radius 2 is 1.47 bits per heavy atom. The molecular weight excluding hydrogens is 586 g/mol. The SMILES string of the molecule is COc1cccc(CN(C(=O)CN(c2cccc(C)c2)S(=O)(=O)c2ccc(C)cc2)C(Cc2ccccc2)C(=O)NC(C)C)c1. The van der Waals surface area contributed by atoms with Crippen LogP contribution in [-0.2, 0) is 32.6 Å². The molecule has 8 nitrogen and oxygen atoms in total. The van der Waals surface area contributed by atoms with Crippen LogP contribution in [0.5, 0.6) is 5.75 Å².